The highest BCUT2D eigenvalue weighted by Gasteiger charge is 2.35. The van der Waals surface area contributed by atoms with Crippen LogP contribution in [0.2, 0.25) is 0 Å². The zero-order valence-corrected chi connectivity index (χ0v) is 8.82. The SMILES string of the molecule is CC1(C(O)CC[N+](=O)[O-])C=CC(F)=C(F)C1. The van der Waals surface area contributed by atoms with Gasteiger partial charge in [-0.15, -0.1) is 0 Å². The quantitative estimate of drug-likeness (QED) is 0.597. The Kier molecular flexibility index (Phi) is 3.74. The van der Waals surface area contributed by atoms with Crippen LogP contribution >= 0.6 is 0 Å². The molecule has 1 rings (SSSR count). The average molecular weight is 233 g/mol. The lowest BCUT2D eigenvalue weighted by atomic mass is 9.77. The number of halogens is 2. The molecular weight excluding hydrogens is 220 g/mol. The fourth-order valence-electron chi connectivity index (χ4n) is 1.62. The summed E-state index contributed by atoms with van der Waals surface area (Å²) >= 11 is 0. The fourth-order valence-corrected chi connectivity index (χ4v) is 1.62. The third-order valence-corrected chi connectivity index (χ3v) is 2.75. The highest BCUT2D eigenvalue weighted by molar-refractivity contribution is 5.25. The molecule has 0 radical (unpaired) electrons. The van der Waals surface area contributed by atoms with Crippen molar-refractivity contribution in [3.05, 3.63) is 33.9 Å². The number of allylic oxidation sites excluding steroid dienone is 3. The minimum atomic E-state index is -1.06. The van der Waals surface area contributed by atoms with E-state index in [0.29, 0.717) is 0 Å². The molecule has 1 aliphatic rings. The van der Waals surface area contributed by atoms with Gasteiger partial charge in [0, 0.05) is 23.2 Å². The van der Waals surface area contributed by atoms with Crippen molar-refractivity contribution in [2.24, 2.45) is 5.41 Å². The molecule has 0 heterocycles. The van der Waals surface area contributed by atoms with Crippen LogP contribution in [0.25, 0.3) is 0 Å². The average Bonchev–Trinajstić information content (AvgIpc) is 2.20. The normalized spacial score (nSPS) is 27.0. The molecule has 90 valence electrons. The molecule has 0 aromatic carbocycles. The number of nitro groups is 1. The number of hydrogen-bond acceptors (Lipinski definition) is 3. The number of aliphatic hydroxyl groups is 1. The molecule has 16 heavy (non-hydrogen) atoms. The summed E-state index contributed by atoms with van der Waals surface area (Å²) in [7, 11) is 0. The topological polar surface area (TPSA) is 63.4 Å². The lowest BCUT2D eigenvalue weighted by Crippen LogP contribution is -2.33. The summed E-state index contributed by atoms with van der Waals surface area (Å²) in [6.45, 7) is 1.15. The van der Waals surface area contributed by atoms with Crippen molar-refractivity contribution in [3.8, 4) is 0 Å². The molecule has 2 unspecified atom stereocenters. The van der Waals surface area contributed by atoms with Gasteiger partial charge in [0.25, 0.3) is 0 Å². The van der Waals surface area contributed by atoms with Crippen LogP contribution in [0, 0.1) is 15.5 Å². The monoisotopic (exact) mass is 233 g/mol. The van der Waals surface area contributed by atoms with Gasteiger partial charge in [0.2, 0.25) is 6.54 Å². The Morgan fingerprint density at radius 1 is 1.69 bits per heavy atom. The van der Waals surface area contributed by atoms with E-state index in [-0.39, 0.29) is 12.8 Å². The second-order valence-electron chi connectivity index (χ2n) is 4.13. The molecular formula is C10H13F2NO3. The van der Waals surface area contributed by atoms with E-state index in [1.807, 2.05) is 0 Å². The molecule has 4 nitrogen and oxygen atoms in total. The third-order valence-electron chi connectivity index (χ3n) is 2.75. The summed E-state index contributed by atoms with van der Waals surface area (Å²) in [5, 5.41) is 19.9. The Hall–Kier alpha value is -1.30. The van der Waals surface area contributed by atoms with Gasteiger partial charge in [-0.2, -0.15) is 0 Å². The molecule has 0 aromatic heterocycles. The van der Waals surface area contributed by atoms with Crippen molar-refractivity contribution in [1.82, 2.24) is 0 Å². The van der Waals surface area contributed by atoms with Crippen LogP contribution in [-0.2, 0) is 0 Å². The van der Waals surface area contributed by atoms with Crippen molar-refractivity contribution < 1.29 is 18.8 Å². The summed E-state index contributed by atoms with van der Waals surface area (Å²) in [6.07, 6.45) is 0.897. The van der Waals surface area contributed by atoms with Gasteiger partial charge in [0.1, 0.15) is 5.83 Å². The van der Waals surface area contributed by atoms with Gasteiger partial charge in [-0.25, -0.2) is 8.78 Å². The smallest absolute Gasteiger partial charge is 0.206 e. The van der Waals surface area contributed by atoms with Crippen LogP contribution in [-0.4, -0.2) is 22.7 Å². The highest BCUT2D eigenvalue weighted by Crippen LogP contribution is 2.38. The van der Waals surface area contributed by atoms with Crippen LogP contribution < -0.4 is 0 Å². The van der Waals surface area contributed by atoms with Crippen LogP contribution in [0.15, 0.2) is 23.8 Å². The minimum absolute atomic E-state index is 0.0806. The Labute approximate surface area is 91.4 Å². The summed E-state index contributed by atoms with van der Waals surface area (Å²) in [5.74, 6) is -1.87. The largest absolute Gasteiger partial charge is 0.392 e. The summed E-state index contributed by atoms with van der Waals surface area (Å²) in [5.41, 5.74) is -0.977. The van der Waals surface area contributed by atoms with Crippen molar-refractivity contribution in [3.63, 3.8) is 0 Å². The zero-order chi connectivity index (χ0) is 12.3. The maximum absolute atomic E-state index is 13.0. The molecule has 1 aliphatic carbocycles. The van der Waals surface area contributed by atoms with Crippen LogP contribution in [0.3, 0.4) is 0 Å². The summed E-state index contributed by atoms with van der Waals surface area (Å²) < 4.78 is 25.8. The molecule has 0 fully saturated rings. The van der Waals surface area contributed by atoms with Crippen molar-refractivity contribution in [2.75, 3.05) is 6.54 Å². The number of rotatable bonds is 4. The highest BCUT2D eigenvalue weighted by atomic mass is 19.2. The standard InChI is InChI=1S/C10H13F2NO3/c1-10(9(14)3-5-13(15)16)4-2-7(11)8(12)6-10/h2,4,9,14H,3,5-6H2,1H3. The zero-order valence-electron chi connectivity index (χ0n) is 8.82. The molecule has 2 atom stereocenters. The summed E-state index contributed by atoms with van der Waals surface area (Å²) in [6, 6.07) is 0. The van der Waals surface area contributed by atoms with E-state index in [0.717, 1.165) is 6.08 Å². The summed E-state index contributed by atoms with van der Waals surface area (Å²) in [4.78, 5) is 9.59. The minimum Gasteiger partial charge on any atom is -0.392 e. The third kappa shape index (κ3) is 2.85. The molecule has 0 spiro atoms. The van der Waals surface area contributed by atoms with E-state index in [9.17, 15) is 24.0 Å². The first kappa shape index (κ1) is 12.8. The predicted molar refractivity (Wildman–Crippen MR) is 53.6 cm³/mol. The van der Waals surface area contributed by atoms with Crippen LogP contribution in [0.5, 0.6) is 0 Å². The van der Waals surface area contributed by atoms with E-state index in [2.05, 4.69) is 0 Å². The Bertz CT molecular complexity index is 354. The van der Waals surface area contributed by atoms with Gasteiger partial charge in [0.05, 0.1) is 6.10 Å². The lowest BCUT2D eigenvalue weighted by molar-refractivity contribution is -0.482. The number of aliphatic hydroxyl groups excluding tert-OH is 1. The molecule has 0 saturated carbocycles. The second-order valence-corrected chi connectivity index (χ2v) is 4.13. The van der Waals surface area contributed by atoms with E-state index in [1.54, 1.807) is 6.92 Å². The van der Waals surface area contributed by atoms with Crippen molar-refractivity contribution in [2.45, 2.75) is 25.9 Å². The lowest BCUT2D eigenvalue weighted by Gasteiger charge is -2.32. The number of hydrogen-bond donors (Lipinski definition) is 1. The van der Waals surface area contributed by atoms with E-state index in [1.165, 1.54) is 6.08 Å². The maximum Gasteiger partial charge on any atom is 0.206 e. The van der Waals surface area contributed by atoms with E-state index >= 15 is 0 Å². The first-order chi connectivity index (χ1) is 7.35. The Morgan fingerprint density at radius 3 is 2.81 bits per heavy atom. The first-order valence-electron chi connectivity index (χ1n) is 4.88. The molecule has 0 aromatic rings. The molecule has 0 aliphatic heterocycles. The van der Waals surface area contributed by atoms with E-state index in [4.69, 9.17) is 0 Å². The maximum atomic E-state index is 13.0. The predicted octanol–water partition coefficient (Wildman–Crippen LogP) is 2.13. The molecule has 1 N–H and O–H groups in total. The van der Waals surface area contributed by atoms with Gasteiger partial charge in [0.15, 0.2) is 5.83 Å². The molecule has 0 amide bonds. The number of nitrogens with zero attached hydrogens (tertiary/aromatic N) is 1. The van der Waals surface area contributed by atoms with Gasteiger partial charge >= 0.3 is 0 Å². The Balaban J connectivity index is 2.66. The van der Waals surface area contributed by atoms with Crippen LogP contribution in [0.4, 0.5) is 8.78 Å². The van der Waals surface area contributed by atoms with Crippen molar-refractivity contribution in [1.29, 1.82) is 0 Å². The van der Waals surface area contributed by atoms with Crippen LogP contribution in [0.1, 0.15) is 19.8 Å². The second kappa shape index (κ2) is 4.69. The fraction of sp³-hybridized carbons (Fsp3) is 0.600. The molecule has 6 heteroatoms. The van der Waals surface area contributed by atoms with Gasteiger partial charge in [-0.1, -0.05) is 13.0 Å². The first-order valence-corrected chi connectivity index (χ1v) is 4.88. The van der Waals surface area contributed by atoms with Gasteiger partial charge in [-0.05, 0) is 6.08 Å². The molecule has 0 bridgehead atoms. The van der Waals surface area contributed by atoms with Gasteiger partial charge in [-0.3, -0.25) is 10.1 Å². The Morgan fingerprint density at radius 2 is 2.31 bits per heavy atom. The van der Waals surface area contributed by atoms with E-state index < -0.39 is 34.6 Å². The molecule has 0 saturated heterocycles. The van der Waals surface area contributed by atoms with Gasteiger partial charge < -0.3 is 5.11 Å². The van der Waals surface area contributed by atoms with Crippen molar-refractivity contribution >= 4 is 0 Å².